The SMILES string of the molecule is Oc1cc(-n2ccnn2)ccc1-c1ccc(O[C@H]2C[C@@H]3C=C[C@@H](N3)[C@@H]2F)nn1. The van der Waals surface area contributed by atoms with Gasteiger partial charge in [-0.25, -0.2) is 9.07 Å². The third-order valence-electron chi connectivity index (χ3n) is 5.00. The molecule has 1 fully saturated rings. The third-order valence-corrected chi connectivity index (χ3v) is 5.00. The van der Waals surface area contributed by atoms with Gasteiger partial charge in [-0.3, -0.25) is 0 Å². The lowest BCUT2D eigenvalue weighted by atomic mass is 9.99. The van der Waals surface area contributed by atoms with Crippen molar-refractivity contribution in [3.8, 4) is 28.6 Å². The van der Waals surface area contributed by atoms with Crippen molar-refractivity contribution in [3.05, 3.63) is 54.9 Å². The zero-order chi connectivity index (χ0) is 19.1. The monoisotopic (exact) mass is 380 g/mol. The average molecular weight is 380 g/mol. The molecule has 0 radical (unpaired) electrons. The molecule has 0 unspecified atom stereocenters. The Kier molecular flexibility index (Phi) is 4.01. The normalized spacial score (nSPS) is 25.8. The molecule has 142 valence electrons. The molecule has 2 aliphatic rings. The maximum atomic E-state index is 14.4. The highest BCUT2D eigenvalue weighted by Gasteiger charge is 2.40. The van der Waals surface area contributed by atoms with E-state index in [1.54, 1.807) is 47.4 Å². The molecule has 2 aromatic heterocycles. The first-order valence-corrected chi connectivity index (χ1v) is 8.96. The summed E-state index contributed by atoms with van der Waals surface area (Å²) in [6.45, 7) is 0. The van der Waals surface area contributed by atoms with Crippen LogP contribution in [0.5, 0.6) is 11.6 Å². The molecule has 0 amide bonds. The fourth-order valence-electron chi connectivity index (χ4n) is 3.59. The van der Waals surface area contributed by atoms with Crippen LogP contribution in [-0.2, 0) is 0 Å². The zero-order valence-electron chi connectivity index (χ0n) is 14.7. The van der Waals surface area contributed by atoms with E-state index in [0.717, 1.165) is 0 Å². The van der Waals surface area contributed by atoms with Crippen molar-refractivity contribution in [1.82, 2.24) is 30.5 Å². The molecule has 1 saturated heterocycles. The van der Waals surface area contributed by atoms with E-state index in [9.17, 15) is 9.50 Å². The number of phenolic OH excluding ortho intramolecular Hbond substituents is 1. The Morgan fingerprint density at radius 1 is 1.18 bits per heavy atom. The van der Waals surface area contributed by atoms with Crippen molar-refractivity contribution in [3.63, 3.8) is 0 Å². The van der Waals surface area contributed by atoms with Crippen LogP contribution >= 0.6 is 0 Å². The number of nitrogens with zero attached hydrogens (tertiary/aromatic N) is 5. The van der Waals surface area contributed by atoms with Gasteiger partial charge < -0.3 is 15.2 Å². The standard InChI is InChI=1S/C19H17FN6O2/c20-19-15-4-1-11(22-15)9-17(19)28-18-6-5-14(23-24-18)13-3-2-12(10-16(13)27)26-8-7-21-25-26/h1-8,10-11,15,17,19,22,27H,9H2/t11-,15+,17-,19-/m0/s1. The number of halogens is 1. The summed E-state index contributed by atoms with van der Waals surface area (Å²) < 4.78 is 21.7. The van der Waals surface area contributed by atoms with Gasteiger partial charge in [-0.15, -0.1) is 15.3 Å². The Labute approximate surface area is 159 Å². The minimum absolute atomic E-state index is 0.0424. The number of aromatic hydroxyl groups is 1. The van der Waals surface area contributed by atoms with Gasteiger partial charge in [0.2, 0.25) is 5.88 Å². The lowest BCUT2D eigenvalue weighted by molar-refractivity contribution is 0.0475. The molecule has 2 bridgehead atoms. The predicted molar refractivity (Wildman–Crippen MR) is 97.8 cm³/mol. The highest BCUT2D eigenvalue weighted by atomic mass is 19.1. The Morgan fingerprint density at radius 3 is 2.86 bits per heavy atom. The van der Waals surface area contributed by atoms with E-state index in [4.69, 9.17) is 4.74 Å². The van der Waals surface area contributed by atoms with Crippen LogP contribution in [0.3, 0.4) is 0 Å². The first-order chi connectivity index (χ1) is 13.7. The van der Waals surface area contributed by atoms with Crippen LogP contribution in [0, 0.1) is 0 Å². The lowest BCUT2D eigenvalue weighted by Crippen LogP contribution is -2.52. The van der Waals surface area contributed by atoms with Gasteiger partial charge in [0.25, 0.3) is 0 Å². The Balaban J connectivity index is 1.33. The average Bonchev–Trinajstić information content (AvgIpc) is 3.37. The smallest absolute Gasteiger partial charge is 0.233 e. The third kappa shape index (κ3) is 2.99. The number of fused-ring (bicyclic) bond motifs is 2. The van der Waals surface area contributed by atoms with Gasteiger partial charge in [-0.05, 0) is 18.2 Å². The summed E-state index contributed by atoms with van der Waals surface area (Å²) in [7, 11) is 0. The van der Waals surface area contributed by atoms with E-state index in [2.05, 4.69) is 25.8 Å². The number of nitrogens with one attached hydrogen (secondary N) is 1. The summed E-state index contributed by atoms with van der Waals surface area (Å²) in [6, 6.07) is 8.24. The maximum absolute atomic E-state index is 14.4. The van der Waals surface area contributed by atoms with Gasteiger partial charge in [0, 0.05) is 30.2 Å². The van der Waals surface area contributed by atoms with Crippen LogP contribution in [0.25, 0.3) is 16.9 Å². The number of benzene rings is 1. The van der Waals surface area contributed by atoms with Gasteiger partial charge in [-0.1, -0.05) is 17.4 Å². The molecule has 5 rings (SSSR count). The first-order valence-electron chi connectivity index (χ1n) is 8.96. The fourth-order valence-corrected chi connectivity index (χ4v) is 3.59. The molecule has 3 aromatic rings. The molecule has 4 atom stereocenters. The van der Waals surface area contributed by atoms with Crippen molar-refractivity contribution in [1.29, 1.82) is 0 Å². The summed E-state index contributed by atoms with van der Waals surface area (Å²) in [5.41, 5.74) is 1.68. The summed E-state index contributed by atoms with van der Waals surface area (Å²) in [5.74, 6) is 0.303. The second-order valence-corrected chi connectivity index (χ2v) is 6.83. The van der Waals surface area contributed by atoms with Crippen LogP contribution in [0.15, 0.2) is 54.9 Å². The second-order valence-electron chi connectivity index (χ2n) is 6.83. The summed E-state index contributed by atoms with van der Waals surface area (Å²) in [6.07, 6.45) is 5.90. The number of alkyl halides is 1. The van der Waals surface area contributed by atoms with Crippen molar-refractivity contribution >= 4 is 0 Å². The molecule has 0 saturated carbocycles. The molecule has 28 heavy (non-hydrogen) atoms. The van der Waals surface area contributed by atoms with Gasteiger partial charge in [-0.2, -0.15) is 0 Å². The topological polar surface area (TPSA) is 98.0 Å². The minimum Gasteiger partial charge on any atom is -0.507 e. The van der Waals surface area contributed by atoms with Crippen LogP contribution in [0.1, 0.15) is 6.42 Å². The van der Waals surface area contributed by atoms with E-state index < -0.39 is 12.3 Å². The summed E-state index contributed by atoms with van der Waals surface area (Å²) >= 11 is 0. The number of aromatic nitrogens is 5. The number of ether oxygens (including phenoxy) is 1. The summed E-state index contributed by atoms with van der Waals surface area (Å²) in [4.78, 5) is 0. The fraction of sp³-hybridized carbons (Fsp3) is 0.263. The van der Waals surface area contributed by atoms with Crippen LogP contribution in [0.4, 0.5) is 4.39 Å². The van der Waals surface area contributed by atoms with Crippen molar-refractivity contribution in [2.45, 2.75) is 30.8 Å². The maximum Gasteiger partial charge on any atom is 0.233 e. The molecule has 4 heterocycles. The lowest BCUT2D eigenvalue weighted by Gasteiger charge is -2.32. The molecule has 8 nitrogen and oxygen atoms in total. The van der Waals surface area contributed by atoms with Gasteiger partial charge in [0.15, 0.2) is 6.17 Å². The Bertz CT molecular complexity index is 1010. The number of piperidine rings is 1. The van der Waals surface area contributed by atoms with E-state index in [0.29, 0.717) is 23.4 Å². The minimum atomic E-state index is -1.13. The number of hydrogen-bond donors (Lipinski definition) is 2. The molecule has 1 aromatic carbocycles. The predicted octanol–water partition coefficient (Wildman–Crippen LogP) is 1.82. The summed E-state index contributed by atoms with van der Waals surface area (Å²) in [5, 5.41) is 29.3. The number of hydrogen-bond acceptors (Lipinski definition) is 7. The van der Waals surface area contributed by atoms with Crippen LogP contribution in [-0.4, -0.2) is 54.7 Å². The highest BCUT2D eigenvalue weighted by Crippen LogP contribution is 2.31. The Hall–Kier alpha value is -3.33. The van der Waals surface area contributed by atoms with E-state index >= 15 is 0 Å². The highest BCUT2D eigenvalue weighted by molar-refractivity contribution is 5.68. The van der Waals surface area contributed by atoms with E-state index in [1.807, 2.05) is 12.2 Å². The van der Waals surface area contributed by atoms with E-state index in [1.165, 1.54) is 0 Å². The van der Waals surface area contributed by atoms with Gasteiger partial charge in [0.05, 0.1) is 29.8 Å². The van der Waals surface area contributed by atoms with Crippen LogP contribution < -0.4 is 10.1 Å². The molecule has 2 aliphatic heterocycles. The molecule has 9 heteroatoms. The van der Waals surface area contributed by atoms with E-state index in [-0.39, 0.29) is 23.7 Å². The molecule has 0 spiro atoms. The quantitative estimate of drug-likeness (QED) is 0.666. The van der Waals surface area contributed by atoms with Gasteiger partial charge in [0.1, 0.15) is 11.9 Å². The van der Waals surface area contributed by atoms with Crippen LogP contribution in [0.2, 0.25) is 0 Å². The van der Waals surface area contributed by atoms with Crippen molar-refractivity contribution in [2.24, 2.45) is 0 Å². The first kappa shape index (κ1) is 16.8. The van der Waals surface area contributed by atoms with Crippen molar-refractivity contribution in [2.75, 3.05) is 0 Å². The second kappa shape index (κ2) is 6.68. The number of rotatable bonds is 4. The largest absolute Gasteiger partial charge is 0.507 e. The molecule has 2 N–H and O–H groups in total. The zero-order valence-corrected chi connectivity index (χ0v) is 14.7. The molecular formula is C19H17FN6O2. The number of phenols is 1. The van der Waals surface area contributed by atoms with Gasteiger partial charge >= 0.3 is 0 Å². The molecule has 0 aliphatic carbocycles. The Morgan fingerprint density at radius 2 is 2.11 bits per heavy atom. The molecular weight excluding hydrogens is 363 g/mol. The van der Waals surface area contributed by atoms with Crippen molar-refractivity contribution < 1.29 is 14.2 Å².